The summed E-state index contributed by atoms with van der Waals surface area (Å²) in [6.07, 6.45) is 0. The molecule has 3 aromatic rings. The van der Waals surface area contributed by atoms with Crippen LogP contribution in [-0.4, -0.2) is 24.8 Å². The molecule has 0 bridgehead atoms. The van der Waals surface area contributed by atoms with Gasteiger partial charge in [0.15, 0.2) is 0 Å². The molecule has 0 atom stereocenters. The van der Waals surface area contributed by atoms with E-state index in [1.165, 1.54) is 33.7 Å². The molecule has 0 aliphatic heterocycles. The van der Waals surface area contributed by atoms with E-state index < -0.39 is 0 Å². The van der Waals surface area contributed by atoms with E-state index in [4.69, 9.17) is 10.2 Å². The summed E-state index contributed by atoms with van der Waals surface area (Å²) in [5, 5.41) is 13.0. The molecule has 2 N–H and O–H groups in total. The summed E-state index contributed by atoms with van der Waals surface area (Å²) in [5.41, 5.74) is 5.90. The lowest BCUT2D eigenvalue weighted by atomic mass is 10.5. The molecular weight excluding hydrogens is 300 g/mol. The summed E-state index contributed by atoms with van der Waals surface area (Å²) < 4.78 is 6.58. The number of hydrogen-bond donors (Lipinski definition) is 1. The zero-order chi connectivity index (χ0) is 14.1. The number of hydrogen-bond acceptors (Lipinski definition) is 9. The van der Waals surface area contributed by atoms with Crippen LogP contribution in [0, 0.1) is 6.92 Å². The molecule has 3 aromatic heterocycles. The molecular formula is C10H10N6O2S2. The van der Waals surface area contributed by atoms with Gasteiger partial charge in [-0.25, -0.2) is 4.98 Å². The predicted molar refractivity (Wildman–Crippen MR) is 73.6 cm³/mol. The second-order valence-electron chi connectivity index (χ2n) is 3.88. The van der Waals surface area contributed by atoms with Gasteiger partial charge in [0, 0.05) is 11.8 Å². The van der Waals surface area contributed by atoms with Gasteiger partial charge in [-0.15, -0.1) is 10.2 Å². The number of rotatable bonds is 4. The summed E-state index contributed by atoms with van der Waals surface area (Å²) in [5.74, 6) is 0.920. The van der Waals surface area contributed by atoms with Crippen molar-refractivity contribution in [3.05, 3.63) is 33.0 Å². The first-order valence-corrected chi connectivity index (χ1v) is 7.47. The van der Waals surface area contributed by atoms with Crippen molar-refractivity contribution >= 4 is 28.1 Å². The van der Waals surface area contributed by atoms with Crippen LogP contribution in [0.25, 0.3) is 4.96 Å². The first kappa shape index (κ1) is 13.2. The van der Waals surface area contributed by atoms with Crippen LogP contribution in [-0.2, 0) is 12.3 Å². The largest absolute Gasteiger partial charge is 0.415 e. The van der Waals surface area contributed by atoms with Crippen molar-refractivity contribution in [2.45, 2.75) is 24.4 Å². The van der Waals surface area contributed by atoms with Crippen LogP contribution in [0.3, 0.4) is 0 Å². The number of nitrogens with two attached hydrogens (primary N) is 1. The van der Waals surface area contributed by atoms with Crippen LogP contribution < -0.4 is 11.3 Å². The fourth-order valence-corrected chi connectivity index (χ4v) is 3.23. The molecule has 104 valence electrons. The van der Waals surface area contributed by atoms with Crippen molar-refractivity contribution in [2.24, 2.45) is 5.73 Å². The lowest BCUT2D eigenvalue weighted by Crippen LogP contribution is -2.14. The van der Waals surface area contributed by atoms with E-state index in [1.807, 2.05) is 0 Å². The van der Waals surface area contributed by atoms with Gasteiger partial charge in [0.2, 0.25) is 10.9 Å². The SMILES string of the molecule is Cc1cc(=O)n2nc(CSc3nnc(CN)o3)sc2n1. The minimum atomic E-state index is -0.178. The highest BCUT2D eigenvalue weighted by Crippen LogP contribution is 2.23. The standard InChI is InChI=1S/C10H10N6O2S2/c1-5-2-8(17)16-9(12-5)20-7(15-16)4-19-10-14-13-6(3-11)18-10/h2H,3-4,11H2,1H3. The topological polar surface area (TPSA) is 112 Å². The lowest BCUT2D eigenvalue weighted by Gasteiger charge is -1.90. The second-order valence-corrected chi connectivity index (χ2v) is 5.85. The van der Waals surface area contributed by atoms with Crippen molar-refractivity contribution in [2.75, 3.05) is 0 Å². The average Bonchev–Trinajstić information content (AvgIpc) is 3.02. The number of thioether (sulfide) groups is 1. The molecule has 0 saturated heterocycles. The minimum absolute atomic E-state index is 0.178. The number of aryl methyl sites for hydroxylation is 1. The first-order chi connectivity index (χ1) is 9.65. The van der Waals surface area contributed by atoms with Gasteiger partial charge in [-0.1, -0.05) is 23.1 Å². The molecule has 3 heterocycles. The maximum Gasteiger partial charge on any atom is 0.277 e. The van der Waals surface area contributed by atoms with E-state index in [0.29, 0.717) is 27.5 Å². The van der Waals surface area contributed by atoms with E-state index in [-0.39, 0.29) is 12.1 Å². The summed E-state index contributed by atoms with van der Waals surface area (Å²) in [6, 6.07) is 1.45. The fourth-order valence-electron chi connectivity index (χ4n) is 1.52. The lowest BCUT2D eigenvalue weighted by molar-refractivity contribution is 0.414. The van der Waals surface area contributed by atoms with Gasteiger partial charge in [-0.05, 0) is 6.92 Å². The van der Waals surface area contributed by atoms with Crippen molar-refractivity contribution < 1.29 is 4.42 Å². The Hall–Kier alpha value is -1.78. The Balaban J connectivity index is 1.81. The molecule has 0 aliphatic rings. The first-order valence-electron chi connectivity index (χ1n) is 5.67. The Morgan fingerprint density at radius 3 is 3.10 bits per heavy atom. The van der Waals surface area contributed by atoms with Crippen LogP contribution >= 0.6 is 23.1 Å². The molecule has 0 unspecified atom stereocenters. The van der Waals surface area contributed by atoms with Crippen LogP contribution in [0.2, 0.25) is 0 Å². The van der Waals surface area contributed by atoms with Crippen molar-refractivity contribution in [1.82, 2.24) is 24.8 Å². The second kappa shape index (κ2) is 5.31. The zero-order valence-electron chi connectivity index (χ0n) is 10.4. The van der Waals surface area contributed by atoms with Crippen LogP contribution in [0.5, 0.6) is 0 Å². The third kappa shape index (κ3) is 2.57. The van der Waals surface area contributed by atoms with Gasteiger partial charge in [0.1, 0.15) is 5.01 Å². The third-order valence-corrected chi connectivity index (χ3v) is 4.28. The van der Waals surface area contributed by atoms with Crippen molar-refractivity contribution in [3.63, 3.8) is 0 Å². The molecule has 0 fully saturated rings. The van der Waals surface area contributed by atoms with Gasteiger partial charge in [0.25, 0.3) is 10.8 Å². The summed E-state index contributed by atoms with van der Waals surface area (Å²) in [7, 11) is 0. The molecule has 10 heteroatoms. The van der Waals surface area contributed by atoms with Crippen molar-refractivity contribution in [1.29, 1.82) is 0 Å². The Bertz CT molecular complexity index is 808. The molecule has 0 aliphatic carbocycles. The van der Waals surface area contributed by atoms with E-state index >= 15 is 0 Å². The Morgan fingerprint density at radius 1 is 1.50 bits per heavy atom. The number of fused-ring (bicyclic) bond motifs is 1. The number of nitrogens with zero attached hydrogens (tertiary/aromatic N) is 5. The minimum Gasteiger partial charge on any atom is -0.415 e. The molecule has 20 heavy (non-hydrogen) atoms. The quantitative estimate of drug-likeness (QED) is 0.697. The normalized spacial score (nSPS) is 11.3. The van der Waals surface area contributed by atoms with Crippen LogP contribution in [0.15, 0.2) is 20.5 Å². The maximum atomic E-state index is 11.7. The monoisotopic (exact) mass is 310 g/mol. The highest BCUT2D eigenvalue weighted by atomic mass is 32.2. The Labute approximate surface area is 121 Å². The average molecular weight is 310 g/mol. The van der Waals surface area contributed by atoms with Crippen LogP contribution in [0.4, 0.5) is 0 Å². The van der Waals surface area contributed by atoms with E-state index in [0.717, 1.165) is 5.01 Å². The smallest absolute Gasteiger partial charge is 0.277 e. The summed E-state index contributed by atoms with van der Waals surface area (Å²) in [6.45, 7) is 2.00. The highest BCUT2D eigenvalue weighted by molar-refractivity contribution is 7.98. The Kier molecular flexibility index (Phi) is 3.51. The van der Waals surface area contributed by atoms with Gasteiger partial charge in [0.05, 0.1) is 12.3 Å². The van der Waals surface area contributed by atoms with Gasteiger partial charge in [-0.2, -0.15) is 9.61 Å². The van der Waals surface area contributed by atoms with Gasteiger partial charge < -0.3 is 10.2 Å². The summed E-state index contributed by atoms with van der Waals surface area (Å²) in [4.78, 5) is 16.6. The van der Waals surface area contributed by atoms with E-state index in [2.05, 4.69) is 20.3 Å². The fraction of sp³-hybridized carbons (Fsp3) is 0.300. The molecule has 8 nitrogen and oxygen atoms in total. The zero-order valence-corrected chi connectivity index (χ0v) is 12.1. The number of aromatic nitrogens is 5. The molecule has 0 spiro atoms. The third-order valence-electron chi connectivity index (χ3n) is 2.36. The maximum absolute atomic E-state index is 11.7. The van der Waals surface area contributed by atoms with Crippen molar-refractivity contribution in [3.8, 4) is 0 Å². The van der Waals surface area contributed by atoms with Gasteiger partial charge >= 0.3 is 0 Å². The van der Waals surface area contributed by atoms with Crippen LogP contribution in [0.1, 0.15) is 16.6 Å². The molecule has 3 rings (SSSR count). The van der Waals surface area contributed by atoms with E-state index in [1.54, 1.807) is 6.92 Å². The Morgan fingerprint density at radius 2 is 2.35 bits per heavy atom. The molecule has 0 amide bonds. The van der Waals surface area contributed by atoms with Gasteiger partial charge in [-0.3, -0.25) is 4.79 Å². The molecule has 0 aromatic carbocycles. The molecule has 0 saturated carbocycles. The predicted octanol–water partition coefficient (Wildman–Crippen LogP) is 0.593. The highest BCUT2D eigenvalue weighted by Gasteiger charge is 2.10. The summed E-state index contributed by atoms with van der Waals surface area (Å²) >= 11 is 2.71. The molecule has 0 radical (unpaired) electrons. The van der Waals surface area contributed by atoms with E-state index in [9.17, 15) is 4.79 Å².